The zero-order valence-corrected chi connectivity index (χ0v) is 12.4. The Balaban J connectivity index is 2.57. The molecule has 0 radical (unpaired) electrons. The highest BCUT2D eigenvalue weighted by Gasteiger charge is 2.36. The molecule has 2 heterocycles. The summed E-state index contributed by atoms with van der Waals surface area (Å²) in [4.78, 5) is 12.1. The number of halogens is 3. The minimum atomic E-state index is -4.55. The molecule has 0 saturated carbocycles. The Morgan fingerprint density at radius 2 is 1.95 bits per heavy atom. The molecule has 2 rings (SSSR count). The number of nitrogens with one attached hydrogen (secondary N) is 1. The summed E-state index contributed by atoms with van der Waals surface area (Å²) in [5.74, 6) is -0.741. The van der Waals surface area contributed by atoms with Gasteiger partial charge in [0.15, 0.2) is 0 Å². The van der Waals surface area contributed by atoms with Gasteiger partial charge in [0.05, 0.1) is 5.39 Å². The molecule has 116 valence electrons. The summed E-state index contributed by atoms with van der Waals surface area (Å²) in [6, 6.07) is 1.79. The van der Waals surface area contributed by atoms with Crippen molar-refractivity contribution in [3.63, 3.8) is 0 Å². The second kappa shape index (κ2) is 5.91. The fourth-order valence-electron chi connectivity index (χ4n) is 2.26. The van der Waals surface area contributed by atoms with Gasteiger partial charge in [-0.1, -0.05) is 13.3 Å². The van der Waals surface area contributed by atoms with Crippen LogP contribution in [0.4, 0.5) is 19.0 Å². The summed E-state index contributed by atoms with van der Waals surface area (Å²) in [5.41, 5.74) is 1.01. The Labute approximate surface area is 121 Å². The smallest absolute Gasteiger partial charge is 0.356 e. The van der Waals surface area contributed by atoms with E-state index in [0.29, 0.717) is 24.3 Å². The number of H-pyrrole nitrogens is 1. The number of hydrogen-bond donors (Lipinski definition) is 1. The molecule has 0 spiro atoms. The predicted molar refractivity (Wildman–Crippen MR) is 76.4 cm³/mol. The molecule has 2 aromatic heterocycles. The SMILES string of the molecule is CCCCN(CC)c1nc(C(F)(F)F)nc2[nH]c(C)cc12. The van der Waals surface area contributed by atoms with Crippen molar-refractivity contribution in [3.8, 4) is 0 Å². The number of unbranched alkanes of at least 4 members (excludes halogenated alkanes) is 1. The molecule has 0 aliphatic heterocycles. The van der Waals surface area contributed by atoms with Crippen LogP contribution in [0, 0.1) is 6.92 Å². The lowest BCUT2D eigenvalue weighted by molar-refractivity contribution is -0.144. The molecule has 0 aliphatic carbocycles. The van der Waals surface area contributed by atoms with E-state index in [2.05, 4.69) is 15.0 Å². The average Bonchev–Trinajstić information content (AvgIpc) is 2.78. The van der Waals surface area contributed by atoms with E-state index in [1.807, 2.05) is 18.7 Å². The van der Waals surface area contributed by atoms with E-state index in [9.17, 15) is 13.2 Å². The van der Waals surface area contributed by atoms with E-state index in [-0.39, 0.29) is 5.65 Å². The first-order chi connectivity index (χ1) is 9.86. The van der Waals surface area contributed by atoms with E-state index in [0.717, 1.165) is 18.5 Å². The van der Waals surface area contributed by atoms with Crippen LogP contribution in [0.1, 0.15) is 38.2 Å². The van der Waals surface area contributed by atoms with E-state index >= 15 is 0 Å². The molecule has 0 amide bonds. The maximum Gasteiger partial charge on any atom is 0.451 e. The summed E-state index contributed by atoms with van der Waals surface area (Å²) in [6.07, 6.45) is -2.67. The van der Waals surface area contributed by atoms with Gasteiger partial charge in [-0.25, -0.2) is 9.97 Å². The lowest BCUT2D eigenvalue weighted by Gasteiger charge is -2.23. The third-order valence-corrected chi connectivity index (χ3v) is 3.32. The zero-order chi connectivity index (χ0) is 15.6. The van der Waals surface area contributed by atoms with Gasteiger partial charge in [-0.05, 0) is 26.3 Å². The van der Waals surface area contributed by atoms with Crippen LogP contribution >= 0.6 is 0 Å². The molecule has 1 N–H and O–H groups in total. The van der Waals surface area contributed by atoms with Crippen molar-refractivity contribution in [3.05, 3.63) is 17.6 Å². The van der Waals surface area contributed by atoms with Crippen LogP contribution in [0.2, 0.25) is 0 Å². The number of aromatic amines is 1. The maximum absolute atomic E-state index is 13.0. The number of rotatable bonds is 5. The number of aryl methyl sites for hydroxylation is 1. The number of fused-ring (bicyclic) bond motifs is 1. The Hall–Kier alpha value is -1.79. The van der Waals surface area contributed by atoms with Crippen LogP contribution in [0.5, 0.6) is 0 Å². The highest BCUT2D eigenvalue weighted by molar-refractivity contribution is 5.88. The van der Waals surface area contributed by atoms with E-state index < -0.39 is 12.0 Å². The quantitative estimate of drug-likeness (QED) is 0.910. The van der Waals surface area contributed by atoms with Crippen LogP contribution < -0.4 is 4.90 Å². The predicted octanol–water partition coefficient (Wildman–Crippen LogP) is 3.91. The fourth-order valence-corrected chi connectivity index (χ4v) is 2.26. The van der Waals surface area contributed by atoms with E-state index in [1.54, 1.807) is 13.0 Å². The van der Waals surface area contributed by atoms with Gasteiger partial charge in [0.1, 0.15) is 11.5 Å². The summed E-state index contributed by atoms with van der Waals surface area (Å²) in [5, 5.41) is 0.637. The first kappa shape index (κ1) is 15.6. The van der Waals surface area contributed by atoms with Gasteiger partial charge in [0.25, 0.3) is 0 Å². The second-order valence-electron chi connectivity index (χ2n) is 5.02. The van der Waals surface area contributed by atoms with Gasteiger partial charge in [0.2, 0.25) is 5.82 Å². The van der Waals surface area contributed by atoms with Crippen LogP contribution in [-0.4, -0.2) is 28.0 Å². The molecule has 0 aromatic carbocycles. The number of alkyl halides is 3. The first-order valence-electron chi connectivity index (χ1n) is 7.06. The molecule has 7 heteroatoms. The van der Waals surface area contributed by atoms with Crippen LogP contribution in [0.3, 0.4) is 0 Å². The van der Waals surface area contributed by atoms with Crippen molar-refractivity contribution < 1.29 is 13.2 Å². The van der Waals surface area contributed by atoms with Crippen molar-refractivity contribution in [2.75, 3.05) is 18.0 Å². The normalized spacial score (nSPS) is 12.1. The molecular weight excluding hydrogens is 281 g/mol. The summed E-state index contributed by atoms with van der Waals surface area (Å²) in [6.45, 7) is 7.04. The third kappa shape index (κ3) is 3.28. The molecule has 0 aliphatic rings. The molecule has 2 aromatic rings. The Morgan fingerprint density at radius 3 is 2.52 bits per heavy atom. The zero-order valence-electron chi connectivity index (χ0n) is 12.4. The number of aromatic nitrogens is 3. The van der Waals surface area contributed by atoms with Gasteiger partial charge < -0.3 is 9.88 Å². The van der Waals surface area contributed by atoms with E-state index in [1.165, 1.54) is 0 Å². The van der Waals surface area contributed by atoms with Crippen molar-refractivity contribution in [2.45, 2.75) is 39.8 Å². The van der Waals surface area contributed by atoms with Crippen molar-refractivity contribution in [2.24, 2.45) is 0 Å². The maximum atomic E-state index is 13.0. The topological polar surface area (TPSA) is 44.8 Å². The number of hydrogen-bond acceptors (Lipinski definition) is 3. The fraction of sp³-hybridized carbons (Fsp3) is 0.571. The van der Waals surface area contributed by atoms with Gasteiger partial charge in [0, 0.05) is 18.8 Å². The van der Waals surface area contributed by atoms with E-state index in [4.69, 9.17) is 0 Å². The molecule has 0 atom stereocenters. The number of nitrogens with zero attached hydrogens (tertiary/aromatic N) is 3. The van der Waals surface area contributed by atoms with Gasteiger partial charge in [-0.3, -0.25) is 0 Å². The van der Waals surface area contributed by atoms with Crippen LogP contribution in [-0.2, 0) is 6.18 Å². The lowest BCUT2D eigenvalue weighted by Crippen LogP contribution is -2.26. The van der Waals surface area contributed by atoms with Crippen molar-refractivity contribution >= 4 is 16.9 Å². The minimum absolute atomic E-state index is 0.236. The highest BCUT2D eigenvalue weighted by atomic mass is 19.4. The second-order valence-corrected chi connectivity index (χ2v) is 5.02. The standard InChI is InChI=1S/C14H19F3N4/c1-4-6-7-21(5-2)12-10-8-9(3)18-11(10)19-13(20-12)14(15,16)17/h8H,4-7H2,1-3H3,(H,18,19,20). The molecular formula is C14H19F3N4. The van der Waals surface area contributed by atoms with Gasteiger partial charge in [-0.15, -0.1) is 0 Å². The summed E-state index contributed by atoms with van der Waals surface area (Å²) >= 11 is 0. The largest absolute Gasteiger partial charge is 0.451 e. The summed E-state index contributed by atoms with van der Waals surface area (Å²) < 4.78 is 38.9. The highest BCUT2D eigenvalue weighted by Crippen LogP contribution is 2.32. The molecule has 0 unspecified atom stereocenters. The Morgan fingerprint density at radius 1 is 1.24 bits per heavy atom. The molecule has 0 bridgehead atoms. The Bertz CT molecular complexity index is 618. The molecule has 21 heavy (non-hydrogen) atoms. The van der Waals surface area contributed by atoms with Gasteiger partial charge >= 0.3 is 6.18 Å². The van der Waals surface area contributed by atoms with Crippen molar-refractivity contribution in [1.29, 1.82) is 0 Å². The first-order valence-corrected chi connectivity index (χ1v) is 7.06. The lowest BCUT2D eigenvalue weighted by atomic mass is 10.2. The number of anilines is 1. The Kier molecular flexibility index (Phi) is 4.39. The molecule has 4 nitrogen and oxygen atoms in total. The minimum Gasteiger partial charge on any atom is -0.356 e. The van der Waals surface area contributed by atoms with Crippen LogP contribution in [0.25, 0.3) is 11.0 Å². The molecule has 0 fully saturated rings. The van der Waals surface area contributed by atoms with Gasteiger partial charge in [-0.2, -0.15) is 13.2 Å². The third-order valence-electron chi connectivity index (χ3n) is 3.32. The molecule has 0 saturated heterocycles. The monoisotopic (exact) mass is 300 g/mol. The van der Waals surface area contributed by atoms with Crippen LogP contribution in [0.15, 0.2) is 6.07 Å². The average molecular weight is 300 g/mol. The van der Waals surface area contributed by atoms with Crippen molar-refractivity contribution in [1.82, 2.24) is 15.0 Å². The summed E-state index contributed by atoms with van der Waals surface area (Å²) in [7, 11) is 0.